The molecule has 0 amide bonds. The fourth-order valence-electron chi connectivity index (χ4n) is 4.54. The van der Waals surface area contributed by atoms with Gasteiger partial charge in [-0.3, -0.25) is 4.79 Å². The number of nitrogens with zero attached hydrogens (tertiary/aromatic N) is 2. The number of alkyl halides is 3. The van der Waals surface area contributed by atoms with Crippen LogP contribution in [0.25, 0.3) is 5.76 Å². The third kappa shape index (κ3) is 5.09. The molecule has 0 aliphatic carbocycles. The molecule has 0 fully saturated rings. The Labute approximate surface area is 222 Å². The van der Waals surface area contributed by atoms with Crippen molar-refractivity contribution in [2.24, 2.45) is 0 Å². The molecule has 40 heavy (non-hydrogen) atoms. The maximum atomic E-state index is 14.2. The van der Waals surface area contributed by atoms with Crippen LogP contribution >= 0.6 is 0 Å². The zero-order valence-corrected chi connectivity index (χ0v) is 20.2. The lowest BCUT2D eigenvalue weighted by molar-refractivity contribution is -0.166. The summed E-state index contributed by atoms with van der Waals surface area (Å²) >= 11 is 0. The second-order valence-corrected chi connectivity index (χ2v) is 8.87. The number of hydrogen-bond donors (Lipinski definition) is 1. The Bertz CT molecular complexity index is 1560. The van der Waals surface area contributed by atoms with Crippen LogP contribution in [0.3, 0.4) is 0 Å². The van der Waals surface area contributed by atoms with Crippen molar-refractivity contribution in [1.82, 2.24) is 0 Å². The number of para-hydroxylation sites is 1. The second-order valence-electron chi connectivity index (χ2n) is 8.87. The first kappa shape index (κ1) is 26.8. The monoisotopic (exact) mass is 558 g/mol. The number of carbonyl (C=O) groups excluding carboxylic acids is 1. The van der Waals surface area contributed by atoms with E-state index in [4.69, 9.17) is 0 Å². The Morgan fingerprint density at radius 2 is 1.25 bits per heavy atom. The number of rotatable bonds is 5. The first-order valence-corrected chi connectivity index (χ1v) is 11.7. The van der Waals surface area contributed by atoms with Crippen molar-refractivity contribution in [2.45, 2.75) is 6.18 Å². The summed E-state index contributed by atoms with van der Waals surface area (Å²) in [4.78, 5) is 14.6. The van der Waals surface area contributed by atoms with Crippen LogP contribution in [0, 0.1) is 23.3 Å². The van der Waals surface area contributed by atoms with Gasteiger partial charge in [-0.15, -0.1) is 0 Å². The molecule has 4 aromatic carbocycles. The van der Waals surface area contributed by atoms with Crippen molar-refractivity contribution in [1.29, 1.82) is 0 Å². The van der Waals surface area contributed by atoms with Gasteiger partial charge in [-0.25, -0.2) is 17.6 Å². The second kappa shape index (κ2) is 10.1. The number of aliphatic hydroxyl groups is 1. The minimum atomic E-state index is -5.25. The lowest BCUT2D eigenvalue weighted by Gasteiger charge is -2.34. The number of fused-ring (bicyclic) bond motifs is 1. The van der Waals surface area contributed by atoms with Gasteiger partial charge < -0.3 is 14.9 Å². The van der Waals surface area contributed by atoms with Crippen molar-refractivity contribution in [3.05, 3.63) is 119 Å². The average molecular weight is 558 g/mol. The number of aliphatic hydroxyl groups excluding tert-OH is 1. The molecule has 204 valence electrons. The van der Waals surface area contributed by atoms with E-state index in [9.17, 15) is 40.6 Å². The predicted octanol–water partition coefficient (Wildman–Crippen LogP) is 8.27. The zero-order chi connectivity index (χ0) is 28.8. The molecule has 1 heterocycles. The maximum Gasteiger partial charge on any atom is 0.454 e. The standard InChI is InChI=1S/C29H17F7N2O2/c30-16-8-17(31)11-22(10-16)38(23-12-18(32)9-19(33)13-23)21-6-7-24-26(14-21)37(20-4-2-1-3-5-20)15-25(27(24)39)28(40)29(34,35)36/h1-14,39H,15H2. The van der Waals surface area contributed by atoms with Crippen LogP contribution in [0.15, 0.2) is 90.5 Å². The molecule has 4 nitrogen and oxygen atoms in total. The molecule has 1 N–H and O–H groups in total. The maximum absolute atomic E-state index is 14.2. The van der Waals surface area contributed by atoms with Gasteiger partial charge in [0, 0.05) is 29.1 Å². The fourth-order valence-corrected chi connectivity index (χ4v) is 4.54. The molecule has 5 rings (SSSR count). The molecule has 0 aromatic heterocycles. The highest BCUT2D eigenvalue weighted by Crippen LogP contribution is 2.44. The van der Waals surface area contributed by atoms with Crippen LogP contribution in [0.1, 0.15) is 5.56 Å². The minimum absolute atomic E-state index is 0.0908. The number of halogens is 7. The number of carbonyl (C=O) groups is 1. The van der Waals surface area contributed by atoms with Gasteiger partial charge in [0.05, 0.1) is 29.2 Å². The number of hydrogen-bond acceptors (Lipinski definition) is 4. The predicted molar refractivity (Wildman–Crippen MR) is 135 cm³/mol. The lowest BCUT2D eigenvalue weighted by Crippen LogP contribution is -2.34. The summed E-state index contributed by atoms with van der Waals surface area (Å²) in [5.41, 5.74) is -0.752. The summed E-state index contributed by atoms with van der Waals surface area (Å²) in [6, 6.07) is 16.8. The zero-order valence-electron chi connectivity index (χ0n) is 20.2. The number of ketones is 1. The molecule has 0 atom stereocenters. The SMILES string of the molecule is O=C(C1=C(O)c2ccc(N(c3cc(F)cc(F)c3)c3cc(F)cc(F)c3)cc2N(c2ccccc2)C1)C(F)(F)F. The number of Topliss-reactive ketones (excluding diaryl/α,β-unsaturated/α-hetero) is 1. The van der Waals surface area contributed by atoms with E-state index in [2.05, 4.69) is 0 Å². The molecule has 0 radical (unpaired) electrons. The number of anilines is 5. The molecule has 1 aliphatic rings. The summed E-state index contributed by atoms with van der Waals surface area (Å²) < 4.78 is 96.9. The first-order valence-electron chi connectivity index (χ1n) is 11.7. The molecule has 1 aliphatic heterocycles. The minimum Gasteiger partial charge on any atom is -0.507 e. The highest BCUT2D eigenvalue weighted by molar-refractivity contribution is 6.08. The third-order valence-corrected chi connectivity index (χ3v) is 6.20. The summed E-state index contributed by atoms with van der Waals surface area (Å²) in [6.07, 6.45) is -5.25. The molecule has 4 aromatic rings. The van der Waals surface area contributed by atoms with Gasteiger partial charge in [0.2, 0.25) is 0 Å². The first-order chi connectivity index (χ1) is 18.9. The van der Waals surface area contributed by atoms with E-state index in [1.165, 1.54) is 23.1 Å². The summed E-state index contributed by atoms with van der Waals surface area (Å²) in [5.74, 6) is -7.01. The van der Waals surface area contributed by atoms with Crippen molar-refractivity contribution in [2.75, 3.05) is 16.3 Å². The van der Waals surface area contributed by atoms with Crippen LogP contribution in [0.2, 0.25) is 0 Å². The van der Waals surface area contributed by atoms with Gasteiger partial charge in [0.1, 0.15) is 29.0 Å². The van der Waals surface area contributed by atoms with Crippen LogP contribution in [-0.4, -0.2) is 23.6 Å². The van der Waals surface area contributed by atoms with Crippen LogP contribution in [0.4, 0.5) is 59.2 Å². The highest BCUT2D eigenvalue weighted by atomic mass is 19.4. The summed E-state index contributed by atoms with van der Waals surface area (Å²) in [7, 11) is 0. The van der Waals surface area contributed by atoms with Gasteiger partial charge in [-0.1, -0.05) is 18.2 Å². The molecule has 0 unspecified atom stereocenters. The van der Waals surface area contributed by atoms with Crippen molar-refractivity contribution in [3.8, 4) is 0 Å². The molecule has 0 saturated heterocycles. The summed E-state index contributed by atoms with van der Waals surface area (Å²) in [5, 5.41) is 10.7. The highest BCUT2D eigenvalue weighted by Gasteiger charge is 2.44. The molecule has 0 spiro atoms. The Kier molecular flexibility index (Phi) is 6.74. The third-order valence-electron chi connectivity index (χ3n) is 6.20. The van der Waals surface area contributed by atoms with Gasteiger partial charge in [0.25, 0.3) is 5.78 Å². The Hall–Kier alpha value is -4.80. The van der Waals surface area contributed by atoms with Gasteiger partial charge in [0.15, 0.2) is 0 Å². The van der Waals surface area contributed by atoms with Gasteiger partial charge in [-0.05, 0) is 54.6 Å². The normalized spacial score (nSPS) is 13.3. The number of benzene rings is 4. The van der Waals surface area contributed by atoms with Crippen molar-refractivity contribution < 1.29 is 40.6 Å². The van der Waals surface area contributed by atoms with Crippen LogP contribution < -0.4 is 9.80 Å². The molecular weight excluding hydrogens is 541 g/mol. The Morgan fingerprint density at radius 3 is 1.75 bits per heavy atom. The fraction of sp³-hybridized carbons (Fsp3) is 0.0690. The van der Waals surface area contributed by atoms with E-state index in [0.717, 1.165) is 29.2 Å². The van der Waals surface area contributed by atoms with Crippen LogP contribution in [0.5, 0.6) is 0 Å². The molecule has 0 saturated carbocycles. The van der Waals surface area contributed by atoms with E-state index in [1.807, 2.05) is 0 Å². The van der Waals surface area contributed by atoms with Gasteiger partial charge in [-0.2, -0.15) is 13.2 Å². The lowest BCUT2D eigenvalue weighted by atomic mass is 9.96. The topological polar surface area (TPSA) is 43.8 Å². The van der Waals surface area contributed by atoms with Gasteiger partial charge >= 0.3 is 6.18 Å². The van der Waals surface area contributed by atoms with E-state index in [0.29, 0.717) is 17.8 Å². The average Bonchev–Trinajstić information content (AvgIpc) is 2.87. The Morgan fingerprint density at radius 1 is 0.725 bits per heavy atom. The molecule has 0 bridgehead atoms. The van der Waals surface area contributed by atoms with Crippen molar-refractivity contribution in [3.63, 3.8) is 0 Å². The van der Waals surface area contributed by atoms with E-state index >= 15 is 0 Å². The quantitative estimate of drug-likeness (QED) is 0.251. The van der Waals surface area contributed by atoms with Crippen LogP contribution in [-0.2, 0) is 4.79 Å². The smallest absolute Gasteiger partial charge is 0.454 e. The van der Waals surface area contributed by atoms with E-state index in [1.54, 1.807) is 30.3 Å². The largest absolute Gasteiger partial charge is 0.507 e. The molecule has 11 heteroatoms. The van der Waals surface area contributed by atoms with Crippen molar-refractivity contribution >= 4 is 40.0 Å². The molecular formula is C29H17F7N2O2. The Balaban J connectivity index is 1.75. The van der Waals surface area contributed by atoms with E-state index in [-0.39, 0.29) is 28.3 Å². The van der Waals surface area contributed by atoms with E-state index < -0.39 is 53.1 Å². The summed E-state index contributed by atoms with van der Waals surface area (Å²) in [6.45, 7) is -0.659.